The first-order chi connectivity index (χ1) is 12.2. The van der Waals surface area contributed by atoms with Crippen LogP contribution in [0.1, 0.15) is 26.7 Å². The fraction of sp³-hybridized carbons (Fsp3) is 0.625. The van der Waals surface area contributed by atoms with Crippen LogP contribution < -0.4 is 10.2 Å². The summed E-state index contributed by atoms with van der Waals surface area (Å²) in [7, 11) is 0. The minimum absolute atomic E-state index is 0.362. The number of anilines is 1. The van der Waals surface area contributed by atoms with Crippen molar-refractivity contribution < 1.29 is 9.53 Å². The molecule has 1 amide bonds. The van der Waals surface area contributed by atoms with Gasteiger partial charge in [-0.05, 0) is 25.5 Å². The molecule has 25 heavy (non-hydrogen) atoms. The number of aromatic nitrogens is 4. The van der Waals surface area contributed by atoms with E-state index in [1.165, 1.54) is 12.8 Å². The summed E-state index contributed by atoms with van der Waals surface area (Å²) in [6, 6.07) is 0. The summed E-state index contributed by atoms with van der Waals surface area (Å²) >= 11 is 1.63. The van der Waals surface area contributed by atoms with Crippen molar-refractivity contribution >= 4 is 34.7 Å². The average Bonchev–Trinajstić information content (AvgIpc) is 3.25. The summed E-state index contributed by atoms with van der Waals surface area (Å²) < 4.78 is 6.69. The van der Waals surface area contributed by atoms with Crippen molar-refractivity contribution in [2.24, 2.45) is 0 Å². The Morgan fingerprint density at radius 2 is 2.12 bits per heavy atom. The summed E-state index contributed by atoms with van der Waals surface area (Å²) in [5.41, 5.74) is 0.818. The van der Waals surface area contributed by atoms with Gasteiger partial charge in [-0.1, -0.05) is 18.7 Å². The predicted molar refractivity (Wildman–Crippen MR) is 98.2 cm³/mol. The van der Waals surface area contributed by atoms with Crippen molar-refractivity contribution in [2.75, 3.05) is 36.9 Å². The molecule has 1 aliphatic heterocycles. The molecule has 3 heterocycles. The first kappa shape index (κ1) is 17.8. The van der Waals surface area contributed by atoms with E-state index in [1.54, 1.807) is 18.7 Å². The highest BCUT2D eigenvalue weighted by Gasteiger charge is 2.20. The SMILES string of the molecule is CCOC(=O)NCCn1ncc2c(N3CCCC3)nc(SCC)nc21. The van der Waals surface area contributed by atoms with Crippen molar-refractivity contribution in [3.05, 3.63) is 6.20 Å². The molecule has 0 radical (unpaired) electrons. The lowest BCUT2D eigenvalue weighted by atomic mass is 10.3. The number of amides is 1. The molecule has 8 nitrogen and oxygen atoms in total. The summed E-state index contributed by atoms with van der Waals surface area (Å²) in [6.07, 6.45) is 3.81. The third-order valence-electron chi connectivity index (χ3n) is 4.00. The molecular weight excluding hydrogens is 340 g/mol. The minimum Gasteiger partial charge on any atom is -0.450 e. The molecule has 9 heteroatoms. The van der Waals surface area contributed by atoms with E-state index in [-0.39, 0.29) is 0 Å². The summed E-state index contributed by atoms with van der Waals surface area (Å²) in [6.45, 7) is 7.26. The standard InChI is InChI=1S/C16H24N6O2S/c1-3-24-16(23)17-7-10-22-14-12(11-18-22)13(21-8-5-6-9-21)19-15(20-14)25-4-2/h11H,3-10H2,1-2H3,(H,17,23). The zero-order valence-corrected chi connectivity index (χ0v) is 15.5. The Kier molecular flexibility index (Phi) is 5.95. The summed E-state index contributed by atoms with van der Waals surface area (Å²) in [4.78, 5) is 23.1. The Hall–Kier alpha value is -2.03. The zero-order valence-electron chi connectivity index (χ0n) is 14.7. The minimum atomic E-state index is -0.409. The maximum Gasteiger partial charge on any atom is 0.407 e. The second-order valence-corrected chi connectivity index (χ2v) is 6.94. The van der Waals surface area contributed by atoms with Gasteiger partial charge in [0.25, 0.3) is 0 Å². The number of hydrogen-bond donors (Lipinski definition) is 1. The van der Waals surface area contributed by atoms with E-state index in [4.69, 9.17) is 9.72 Å². The first-order valence-corrected chi connectivity index (χ1v) is 9.73. The van der Waals surface area contributed by atoms with Crippen LogP contribution in [0.15, 0.2) is 11.4 Å². The Morgan fingerprint density at radius 1 is 1.32 bits per heavy atom. The number of fused-ring (bicyclic) bond motifs is 1. The molecular formula is C16H24N6O2S. The van der Waals surface area contributed by atoms with Crippen LogP contribution in [0.25, 0.3) is 11.0 Å². The van der Waals surface area contributed by atoms with E-state index in [2.05, 4.69) is 27.2 Å². The van der Waals surface area contributed by atoms with Crippen LogP contribution >= 0.6 is 11.8 Å². The normalized spacial score (nSPS) is 14.2. The monoisotopic (exact) mass is 364 g/mol. The van der Waals surface area contributed by atoms with Gasteiger partial charge >= 0.3 is 6.09 Å². The fourth-order valence-corrected chi connectivity index (χ4v) is 3.45. The molecule has 0 aromatic carbocycles. The Morgan fingerprint density at radius 3 is 2.84 bits per heavy atom. The number of carbonyl (C=O) groups is 1. The van der Waals surface area contributed by atoms with Crippen LogP contribution in [-0.2, 0) is 11.3 Å². The highest BCUT2D eigenvalue weighted by molar-refractivity contribution is 7.99. The smallest absolute Gasteiger partial charge is 0.407 e. The van der Waals surface area contributed by atoms with Gasteiger partial charge < -0.3 is 15.0 Å². The van der Waals surface area contributed by atoms with E-state index in [9.17, 15) is 4.79 Å². The summed E-state index contributed by atoms with van der Waals surface area (Å²) in [5.74, 6) is 1.90. The van der Waals surface area contributed by atoms with E-state index in [0.717, 1.165) is 40.9 Å². The number of rotatable bonds is 7. The number of hydrogen-bond acceptors (Lipinski definition) is 7. The van der Waals surface area contributed by atoms with Crippen LogP contribution in [0.5, 0.6) is 0 Å². The Bertz CT molecular complexity index is 729. The number of ether oxygens (including phenoxy) is 1. The molecule has 1 saturated heterocycles. The predicted octanol–water partition coefficient (Wildman–Crippen LogP) is 2.28. The Balaban J connectivity index is 1.83. The lowest BCUT2D eigenvalue weighted by Crippen LogP contribution is -2.28. The molecule has 136 valence electrons. The lowest BCUT2D eigenvalue weighted by Gasteiger charge is -2.17. The third-order valence-corrected chi connectivity index (χ3v) is 4.73. The van der Waals surface area contributed by atoms with E-state index < -0.39 is 6.09 Å². The number of nitrogens with zero attached hydrogens (tertiary/aromatic N) is 5. The molecule has 2 aromatic rings. The Labute approximate surface area is 151 Å². The molecule has 0 aliphatic carbocycles. The second-order valence-electron chi connectivity index (χ2n) is 5.71. The number of carbonyl (C=O) groups excluding carboxylic acids is 1. The molecule has 2 aromatic heterocycles. The molecule has 0 unspecified atom stereocenters. The van der Waals surface area contributed by atoms with Gasteiger partial charge in [0, 0.05) is 19.6 Å². The van der Waals surface area contributed by atoms with Crippen molar-refractivity contribution in [3.8, 4) is 0 Å². The van der Waals surface area contributed by atoms with Gasteiger partial charge in [-0.25, -0.2) is 19.4 Å². The third kappa shape index (κ3) is 4.15. The van der Waals surface area contributed by atoms with Gasteiger partial charge in [0.15, 0.2) is 10.8 Å². The molecule has 0 spiro atoms. The highest BCUT2D eigenvalue weighted by Crippen LogP contribution is 2.29. The van der Waals surface area contributed by atoms with Crippen LogP contribution in [0, 0.1) is 0 Å². The summed E-state index contributed by atoms with van der Waals surface area (Å²) in [5, 5.41) is 8.92. The number of nitrogens with one attached hydrogen (secondary N) is 1. The molecule has 1 N–H and O–H groups in total. The molecule has 1 fully saturated rings. The van der Waals surface area contributed by atoms with Crippen LogP contribution in [0.2, 0.25) is 0 Å². The van der Waals surface area contributed by atoms with Crippen LogP contribution in [0.4, 0.5) is 10.6 Å². The maximum atomic E-state index is 11.4. The first-order valence-electron chi connectivity index (χ1n) is 8.74. The maximum absolute atomic E-state index is 11.4. The van der Waals surface area contributed by atoms with Gasteiger partial charge in [0.1, 0.15) is 5.82 Å². The quantitative estimate of drug-likeness (QED) is 0.596. The highest BCUT2D eigenvalue weighted by atomic mass is 32.2. The van der Waals surface area contributed by atoms with Gasteiger partial charge in [0.2, 0.25) is 0 Å². The molecule has 0 saturated carbocycles. The zero-order chi connectivity index (χ0) is 17.6. The van der Waals surface area contributed by atoms with Crippen molar-refractivity contribution in [2.45, 2.75) is 38.4 Å². The number of thioether (sulfide) groups is 1. The average molecular weight is 364 g/mol. The van der Waals surface area contributed by atoms with Gasteiger partial charge in [-0.3, -0.25) is 0 Å². The van der Waals surface area contributed by atoms with Crippen LogP contribution in [0.3, 0.4) is 0 Å². The second kappa shape index (κ2) is 8.37. The number of alkyl carbamates (subject to hydrolysis) is 1. The van der Waals surface area contributed by atoms with Crippen LogP contribution in [-0.4, -0.2) is 57.8 Å². The van der Waals surface area contributed by atoms with E-state index >= 15 is 0 Å². The molecule has 0 atom stereocenters. The largest absolute Gasteiger partial charge is 0.450 e. The van der Waals surface area contributed by atoms with E-state index in [0.29, 0.717) is 19.7 Å². The van der Waals surface area contributed by atoms with Crippen molar-refractivity contribution in [3.63, 3.8) is 0 Å². The lowest BCUT2D eigenvalue weighted by molar-refractivity contribution is 0.152. The molecule has 0 bridgehead atoms. The fourth-order valence-electron chi connectivity index (χ4n) is 2.89. The topological polar surface area (TPSA) is 85.2 Å². The van der Waals surface area contributed by atoms with Crippen molar-refractivity contribution in [1.29, 1.82) is 0 Å². The van der Waals surface area contributed by atoms with Gasteiger partial charge in [-0.15, -0.1) is 0 Å². The van der Waals surface area contributed by atoms with E-state index in [1.807, 2.05) is 10.9 Å². The molecule has 3 rings (SSSR count). The van der Waals surface area contributed by atoms with Gasteiger partial charge in [-0.2, -0.15) is 5.10 Å². The van der Waals surface area contributed by atoms with Crippen molar-refractivity contribution in [1.82, 2.24) is 25.1 Å². The van der Waals surface area contributed by atoms with Gasteiger partial charge in [0.05, 0.1) is 24.7 Å². The molecule has 1 aliphatic rings.